The lowest BCUT2D eigenvalue weighted by Gasteiger charge is -2.20. The average molecular weight is 247 g/mol. The molecule has 0 spiro atoms. The topological polar surface area (TPSA) is 29.1 Å². The number of unbranched alkanes of at least 4 members (excludes halogenated alkanes) is 3. The number of carbonyl (C=O) groups is 1. The summed E-state index contributed by atoms with van der Waals surface area (Å²) < 4.78 is 0. The van der Waals surface area contributed by atoms with Gasteiger partial charge >= 0.3 is 0 Å². The molecule has 0 radical (unpaired) electrons. The van der Waals surface area contributed by atoms with Gasteiger partial charge in [0.05, 0.1) is 5.41 Å². The van der Waals surface area contributed by atoms with Crippen LogP contribution in [0.25, 0.3) is 0 Å². The largest absolute Gasteiger partial charge is 0.356 e. The number of hydrogen-bond acceptors (Lipinski definition) is 3. The van der Waals surface area contributed by atoms with Crippen molar-refractivity contribution in [3.63, 3.8) is 0 Å². The molecule has 1 N–H and O–H groups in total. The van der Waals surface area contributed by atoms with E-state index in [0.29, 0.717) is 0 Å². The summed E-state index contributed by atoms with van der Waals surface area (Å²) in [5.41, 5.74) is -0.125. The van der Waals surface area contributed by atoms with Gasteiger partial charge in [-0.3, -0.25) is 4.79 Å². The summed E-state index contributed by atoms with van der Waals surface area (Å²) in [7, 11) is 3.63. The maximum atomic E-state index is 11.9. The smallest absolute Gasteiger partial charge is 0.227 e. The van der Waals surface area contributed by atoms with E-state index in [1.54, 1.807) is 0 Å². The van der Waals surface area contributed by atoms with Crippen LogP contribution in [-0.2, 0) is 4.79 Å². The second-order valence-corrected chi connectivity index (χ2v) is 6.86. The SMILES string of the molecule is CCCCCCNC(=O)C1(C)CSSC1. The zero-order valence-electron chi connectivity index (χ0n) is 9.67. The number of nitrogens with one attached hydrogen (secondary N) is 1. The van der Waals surface area contributed by atoms with Crippen LogP contribution in [0.5, 0.6) is 0 Å². The first-order valence-corrected chi connectivity index (χ1v) is 8.20. The molecular weight excluding hydrogens is 226 g/mol. The van der Waals surface area contributed by atoms with E-state index in [0.717, 1.165) is 24.5 Å². The summed E-state index contributed by atoms with van der Waals surface area (Å²) in [5.74, 6) is 2.16. The second-order valence-electron chi connectivity index (χ2n) is 4.40. The molecule has 1 heterocycles. The highest BCUT2D eigenvalue weighted by molar-refractivity contribution is 8.77. The fourth-order valence-electron chi connectivity index (χ4n) is 1.48. The lowest BCUT2D eigenvalue weighted by molar-refractivity contribution is -0.127. The zero-order valence-corrected chi connectivity index (χ0v) is 11.3. The third kappa shape index (κ3) is 4.27. The molecule has 1 fully saturated rings. The van der Waals surface area contributed by atoms with Crippen LogP contribution >= 0.6 is 21.6 Å². The summed E-state index contributed by atoms with van der Waals surface area (Å²) in [6, 6.07) is 0. The third-order valence-corrected chi connectivity index (χ3v) is 5.59. The van der Waals surface area contributed by atoms with Crippen LogP contribution in [0.3, 0.4) is 0 Å². The molecule has 0 aliphatic carbocycles. The number of carbonyl (C=O) groups excluding carboxylic acids is 1. The van der Waals surface area contributed by atoms with Gasteiger partial charge in [0.15, 0.2) is 0 Å². The van der Waals surface area contributed by atoms with Gasteiger partial charge in [0, 0.05) is 18.1 Å². The van der Waals surface area contributed by atoms with E-state index in [2.05, 4.69) is 19.2 Å². The van der Waals surface area contributed by atoms with Gasteiger partial charge in [-0.15, -0.1) is 0 Å². The van der Waals surface area contributed by atoms with Crippen molar-refractivity contribution < 1.29 is 4.79 Å². The molecule has 0 aromatic carbocycles. The van der Waals surface area contributed by atoms with E-state index < -0.39 is 0 Å². The Morgan fingerprint density at radius 3 is 2.53 bits per heavy atom. The van der Waals surface area contributed by atoms with Crippen molar-refractivity contribution in [2.45, 2.75) is 39.5 Å². The van der Waals surface area contributed by atoms with Crippen molar-refractivity contribution in [1.82, 2.24) is 5.32 Å². The highest BCUT2D eigenvalue weighted by atomic mass is 33.1. The minimum atomic E-state index is -0.125. The fourth-order valence-corrected chi connectivity index (χ4v) is 4.83. The Morgan fingerprint density at radius 2 is 1.93 bits per heavy atom. The zero-order chi connectivity index (χ0) is 11.1. The van der Waals surface area contributed by atoms with Crippen molar-refractivity contribution in [1.29, 1.82) is 0 Å². The lowest BCUT2D eigenvalue weighted by Crippen LogP contribution is -2.40. The summed E-state index contributed by atoms with van der Waals surface area (Å²) in [6.07, 6.45) is 4.88. The molecule has 1 rings (SSSR count). The summed E-state index contributed by atoms with van der Waals surface area (Å²) in [6.45, 7) is 5.12. The van der Waals surface area contributed by atoms with E-state index in [-0.39, 0.29) is 11.3 Å². The molecule has 15 heavy (non-hydrogen) atoms. The molecule has 0 atom stereocenters. The Hall–Kier alpha value is 0.170. The molecule has 0 saturated carbocycles. The van der Waals surface area contributed by atoms with Crippen LogP contribution in [0.2, 0.25) is 0 Å². The quantitative estimate of drug-likeness (QED) is 0.578. The molecule has 1 aliphatic heterocycles. The molecule has 88 valence electrons. The Morgan fingerprint density at radius 1 is 1.27 bits per heavy atom. The van der Waals surface area contributed by atoms with Crippen LogP contribution in [0.1, 0.15) is 39.5 Å². The summed E-state index contributed by atoms with van der Waals surface area (Å²) >= 11 is 0. The van der Waals surface area contributed by atoms with Crippen molar-refractivity contribution in [3.05, 3.63) is 0 Å². The van der Waals surface area contributed by atoms with Crippen LogP contribution in [0.15, 0.2) is 0 Å². The van der Waals surface area contributed by atoms with Gasteiger partial charge in [-0.2, -0.15) is 0 Å². The molecule has 1 amide bonds. The Balaban J connectivity index is 2.12. The molecule has 1 aliphatic rings. The van der Waals surface area contributed by atoms with Gasteiger partial charge < -0.3 is 5.32 Å². The third-order valence-electron chi connectivity index (χ3n) is 2.70. The highest BCUT2D eigenvalue weighted by Gasteiger charge is 2.37. The molecule has 0 bridgehead atoms. The average Bonchev–Trinajstić information content (AvgIpc) is 2.66. The standard InChI is InChI=1S/C11H21NOS2/c1-3-4-5-6-7-12-10(13)11(2)8-14-15-9-11/h3-9H2,1-2H3,(H,12,13). The van der Waals surface area contributed by atoms with E-state index in [4.69, 9.17) is 0 Å². The first kappa shape index (κ1) is 13.2. The molecule has 0 unspecified atom stereocenters. The van der Waals surface area contributed by atoms with Gasteiger partial charge in [0.25, 0.3) is 0 Å². The Bertz CT molecular complexity index is 203. The first-order valence-electron chi connectivity index (χ1n) is 5.72. The summed E-state index contributed by atoms with van der Waals surface area (Å²) in [4.78, 5) is 11.9. The van der Waals surface area contributed by atoms with Gasteiger partial charge in [-0.1, -0.05) is 47.8 Å². The van der Waals surface area contributed by atoms with Gasteiger partial charge in [0.2, 0.25) is 5.91 Å². The fraction of sp³-hybridized carbons (Fsp3) is 0.909. The highest BCUT2D eigenvalue weighted by Crippen LogP contribution is 2.42. The molecule has 0 aromatic rings. The van der Waals surface area contributed by atoms with Crippen LogP contribution in [0, 0.1) is 5.41 Å². The monoisotopic (exact) mass is 247 g/mol. The van der Waals surface area contributed by atoms with Crippen LogP contribution < -0.4 is 5.32 Å². The second kappa shape index (κ2) is 6.69. The predicted molar refractivity (Wildman–Crippen MR) is 70.2 cm³/mol. The van der Waals surface area contributed by atoms with E-state index in [1.165, 1.54) is 19.3 Å². The van der Waals surface area contributed by atoms with Crippen molar-refractivity contribution in [2.75, 3.05) is 18.1 Å². The van der Waals surface area contributed by atoms with Crippen LogP contribution in [-0.4, -0.2) is 24.0 Å². The van der Waals surface area contributed by atoms with Gasteiger partial charge in [0.1, 0.15) is 0 Å². The van der Waals surface area contributed by atoms with E-state index in [9.17, 15) is 4.79 Å². The minimum Gasteiger partial charge on any atom is -0.356 e. The molecule has 0 aromatic heterocycles. The van der Waals surface area contributed by atoms with E-state index in [1.807, 2.05) is 21.6 Å². The molecule has 1 saturated heterocycles. The molecule has 2 nitrogen and oxygen atoms in total. The molecule has 4 heteroatoms. The predicted octanol–water partition coefficient (Wildman–Crippen LogP) is 3.08. The van der Waals surface area contributed by atoms with Crippen molar-refractivity contribution in [2.24, 2.45) is 5.41 Å². The Kier molecular flexibility index (Phi) is 5.90. The normalized spacial score (nSPS) is 19.1. The summed E-state index contributed by atoms with van der Waals surface area (Å²) in [5, 5.41) is 3.06. The van der Waals surface area contributed by atoms with E-state index >= 15 is 0 Å². The van der Waals surface area contributed by atoms with Gasteiger partial charge in [-0.05, 0) is 13.3 Å². The maximum absolute atomic E-state index is 11.9. The first-order chi connectivity index (χ1) is 7.19. The van der Waals surface area contributed by atoms with Crippen molar-refractivity contribution in [3.8, 4) is 0 Å². The van der Waals surface area contributed by atoms with Crippen LogP contribution in [0.4, 0.5) is 0 Å². The molecular formula is C11H21NOS2. The van der Waals surface area contributed by atoms with Gasteiger partial charge in [-0.25, -0.2) is 0 Å². The lowest BCUT2D eigenvalue weighted by atomic mass is 9.95. The minimum absolute atomic E-state index is 0.125. The number of hydrogen-bond donors (Lipinski definition) is 1. The van der Waals surface area contributed by atoms with Crippen molar-refractivity contribution >= 4 is 27.5 Å². The number of amides is 1. The number of rotatable bonds is 6. The maximum Gasteiger partial charge on any atom is 0.227 e. The Labute approximate surface area is 101 Å².